The molecule has 1 amide bonds. The Morgan fingerprint density at radius 2 is 2.18 bits per heavy atom. The van der Waals surface area contributed by atoms with Gasteiger partial charge >= 0.3 is 5.97 Å². The highest BCUT2D eigenvalue weighted by atomic mass is 16.4. The summed E-state index contributed by atoms with van der Waals surface area (Å²) in [6.07, 6.45) is 5.42. The van der Waals surface area contributed by atoms with Crippen molar-refractivity contribution in [3.8, 4) is 0 Å². The van der Waals surface area contributed by atoms with Crippen molar-refractivity contribution in [2.75, 3.05) is 0 Å². The number of imidazole rings is 1. The summed E-state index contributed by atoms with van der Waals surface area (Å²) in [7, 11) is 0. The van der Waals surface area contributed by atoms with Gasteiger partial charge in [-0.3, -0.25) is 9.59 Å². The third kappa shape index (κ3) is 3.87. The van der Waals surface area contributed by atoms with Gasteiger partial charge in [0.05, 0.1) is 12.2 Å². The van der Waals surface area contributed by atoms with Crippen LogP contribution in [0.4, 0.5) is 0 Å². The first-order valence-electron chi connectivity index (χ1n) is 7.86. The first-order valence-corrected chi connectivity index (χ1v) is 7.86. The molecule has 4 atom stereocenters. The standard InChI is InChI=1S/C16H25N3O3/c1-9(2)4-14(19-10(3)20)12-5-11(16(21)22)6-13(12)15-7-17-8-18-15/h7-9,11-14H,4-6H2,1-3H3,(H,17,18)(H,19,20)(H,21,22)/t11-,12-,13-,14+/m1/s1. The number of carbonyl (C=O) groups excluding carboxylic acids is 1. The summed E-state index contributed by atoms with van der Waals surface area (Å²) in [6.45, 7) is 5.75. The summed E-state index contributed by atoms with van der Waals surface area (Å²) in [6, 6.07) is -0.00449. The van der Waals surface area contributed by atoms with E-state index in [4.69, 9.17) is 0 Å². The van der Waals surface area contributed by atoms with Gasteiger partial charge in [-0.1, -0.05) is 13.8 Å². The molecular formula is C16H25N3O3. The summed E-state index contributed by atoms with van der Waals surface area (Å²) >= 11 is 0. The maximum Gasteiger partial charge on any atom is 0.306 e. The number of aromatic nitrogens is 2. The largest absolute Gasteiger partial charge is 0.481 e. The van der Waals surface area contributed by atoms with E-state index in [9.17, 15) is 14.7 Å². The monoisotopic (exact) mass is 307 g/mol. The zero-order chi connectivity index (χ0) is 16.3. The van der Waals surface area contributed by atoms with Crippen LogP contribution in [0, 0.1) is 17.8 Å². The van der Waals surface area contributed by atoms with Crippen LogP contribution < -0.4 is 5.32 Å². The van der Waals surface area contributed by atoms with Gasteiger partial charge in [0, 0.05) is 30.8 Å². The van der Waals surface area contributed by atoms with Gasteiger partial charge in [-0.25, -0.2) is 4.98 Å². The lowest BCUT2D eigenvalue weighted by atomic mass is 9.83. The number of carboxylic acid groups (broad SMARTS) is 1. The normalized spacial score (nSPS) is 26.1. The second-order valence-electron chi connectivity index (χ2n) is 6.72. The van der Waals surface area contributed by atoms with E-state index in [-0.39, 0.29) is 29.7 Å². The van der Waals surface area contributed by atoms with Crippen molar-refractivity contribution in [2.24, 2.45) is 17.8 Å². The summed E-state index contributed by atoms with van der Waals surface area (Å²) in [5.74, 6) is -0.525. The number of nitrogens with one attached hydrogen (secondary N) is 2. The number of carbonyl (C=O) groups is 2. The van der Waals surface area contributed by atoms with Crippen LogP contribution in [-0.2, 0) is 9.59 Å². The number of nitrogens with zero attached hydrogens (tertiary/aromatic N) is 1. The minimum Gasteiger partial charge on any atom is -0.481 e. The maximum atomic E-state index is 11.6. The van der Waals surface area contributed by atoms with Crippen molar-refractivity contribution in [1.82, 2.24) is 15.3 Å². The Kier molecular flexibility index (Phi) is 5.21. The minimum atomic E-state index is -0.752. The van der Waals surface area contributed by atoms with Gasteiger partial charge in [0.1, 0.15) is 0 Å². The lowest BCUT2D eigenvalue weighted by Gasteiger charge is -2.30. The van der Waals surface area contributed by atoms with E-state index < -0.39 is 5.97 Å². The van der Waals surface area contributed by atoms with Gasteiger partial charge in [0.2, 0.25) is 5.91 Å². The van der Waals surface area contributed by atoms with Gasteiger partial charge in [-0.05, 0) is 31.1 Å². The van der Waals surface area contributed by atoms with Crippen LogP contribution >= 0.6 is 0 Å². The average Bonchev–Trinajstić information content (AvgIpc) is 3.06. The molecule has 22 heavy (non-hydrogen) atoms. The van der Waals surface area contributed by atoms with Crippen LogP contribution in [0.25, 0.3) is 0 Å². The summed E-state index contributed by atoms with van der Waals surface area (Å²) in [5.41, 5.74) is 0.966. The van der Waals surface area contributed by atoms with Crippen molar-refractivity contribution in [1.29, 1.82) is 0 Å². The smallest absolute Gasteiger partial charge is 0.306 e. The number of hydrogen-bond donors (Lipinski definition) is 3. The summed E-state index contributed by atoms with van der Waals surface area (Å²) in [5, 5.41) is 12.4. The van der Waals surface area contributed by atoms with E-state index in [1.807, 2.05) is 0 Å². The molecule has 6 heteroatoms. The molecule has 0 bridgehead atoms. The Morgan fingerprint density at radius 3 is 2.68 bits per heavy atom. The van der Waals surface area contributed by atoms with E-state index in [1.165, 1.54) is 6.92 Å². The Bertz CT molecular complexity index is 513. The molecule has 1 aliphatic rings. The molecular weight excluding hydrogens is 282 g/mol. The van der Waals surface area contributed by atoms with Crippen molar-refractivity contribution in [3.63, 3.8) is 0 Å². The first-order chi connectivity index (χ1) is 10.4. The lowest BCUT2D eigenvalue weighted by molar-refractivity contribution is -0.141. The topological polar surface area (TPSA) is 95.1 Å². The van der Waals surface area contributed by atoms with E-state index in [2.05, 4.69) is 29.1 Å². The second kappa shape index (κ2) is 6.94. The van der Waals surface area contributed by atoms with E-state index >= 15 is 0 Å². The number of aliphatic carboxylic acids is 1. The quantitative estimate of drug-likeness (QED) is 0.750. The van der Waals surface area contributed by atoms with Crippen molar-refractivity contribution < 1.29 is 14.7 Å². The number of carboxylic acids is 1. The van der Waals surface area contributed by atoms with E-state index in [0.717, 1.165) is 12.1 Å². The van der Waals surface area contributed by atoms with Crippen molar-refractivity contribution in [2.45, 2.75) is 52.0 Å². The molecule has 1 saturated carbocycles. The predicted octanol–water partition coefficient (Wildman–Crippen LogP) is 2.15. The SMILES string of the molecule is CC(=O)N[C@@H](CC(C)C)[C@@H]1C[C@@H](C(=O)O)C[C@H]1c1cnc[nH]1. The fourth-order valence-electron chi connectivity index (χ4n) is 3.65. The van der Waals surface area contributed by atoms with Crippen molar-refractivity contribution in [3.05, 3.63) is 18.2 Å². The molecule has 122 valence electrons. The molecule has 1 aliphatic carbocycles. The molecule has 0 unspecified atom stereocenters. The highest BCUT2D eigenvalue weighted by molar-refractivity contribution is 5.73. The Labute approximate surface area is 130 Å². The van der Waals surface area contributed by atoms with Crippen LogP contribution in [0.2, 0.25) is 0 Å². The van der Waals surface area contributed by atoms with Gasteiger partial charge in [0.25, 0.3) is 0 Å². The molecule has 2 rings (SSSR count). The minimum absolute atomic E-state index is 0.00449. The Morgan fingerprint density at radius 1 is 1.45 bits per heavy atom. The molecule has 3 N–H and O–H groups in total. The van der Waals surface area contributed by atoms with Crippen LogP contribution in [-0.4, -0.2) is 33.0 Å². The second-order valence-corrected chi connectivity index (χ2v) is 6.72. The van der Waals surface area contributed by atoms with Crippen molar-refractivity contribution >= 4 is 11.9 Å². The van der Waals surface area contributed by atoms with Gasteiger partial charge in [0.15, 0.2) is 0 Å². The third-order valence-corrected chi connectivity index (χ3v) is 4.51. The lowest BCUT2D eigenvalue weighted by Crippen LogP contribution is -2.41. The fraction of sp³-hybridized carbons (Fsp3) is 0.688. The molecule has 1 heterocycles. The average molecular weight is 307 g/mol. The molecule has 0 aromatic carbocycles. The fourth-order valence-corrected chi connectivity index (χ4v) is 3.65. The molecule has 1 fully saturated rings. The predicted molar refractivity (Wildman–Crippen MR) is 82.2 cm³/mol. The van der Waals surface area contributed by atoms with E-state index in [1.54, 1.807) is 12.5 Å². The third-order valence-electron chi connectivity index (χ3n) is 4.51. The van der Waals surface area contributed by atoms with Gasteiger partial charge in [-0.15, -0.1) is 0 Å². The zero-order valence-corrected chi connectivity index (χ0v) is 13.4. The van der Waals surface area contributed by atoms with Crippen LogP contribution in [0.1, 0.15) is 51.6 Å². The van der Waals surface area contributed by atoms with Crippen LogP contribution in [0.15, 0.2) is 12.5 Å². The molecule has 0 spiro atoms. The van der Waals surface area contributed by atoms with E-state index in [0.29, 0.717) is 18.8 Å². The molecule has 6 nitrogen and oxygen atoms in total. The number of H-pyrrole nitrogens is 1. The molecule has 1 aromatic heterocycles. The molecule has 1 aromatic rings. The summed E-state index contributed by atoms with van der Waals surface area (Å²) in [4.78, 5) is 30.1. The highest BCUT2D eigenvalue weighted by Gasteiger charge is 2.43. The zero-order valence-electron chi connectivity index (χ0n) is 13.4. The highest BCUT2D eigenvalue weighted by Crippen LogP contribution is 2.45. The van der Waals surface area contributed by atoms with Crippen LogP contribution in [0.5, 0.6) is 0 Å². The number of aromatic amines is 1. The van der Waals surface area contributed by atoms with Gasteiger partial charge in [-0.2, -0.15) is 0 Å². The number of amides is 1. The first kappa shape index (κ1) is 16.5. The Hall–Kier alpha value is -1.85. The molecule has 0 saturated heterocycles. The maximum absolute atomic E-state index is 11.6. The number of rotatable bonds is 6. The summed E-state index contributed by atoms with van der Waals surface area (Å²) < 4.78 is 0. The Balaban J connectivity index is 2.25. The molecule has 0 radical (unpaired) electrons. The number of hydrogen-bond acceptors (Lipinski definition) is 3. The van der Waals surface area contributed by atoms with Gasteiger partial charge < -0.3 is 15.4 Å². The van der Waals surface area contributed by atoms with Crippen LogP contribution in [0.3, 0.4) is 0 Å². The molecule has 0 aliphatic heterocycles.